The number of hydrogen-bond acceptors (Lipinski definition) is 10. The lowest BCUT2D eigenvalue weighted by molar-refractivity contribution is -0.139. The van der Waals surface area contributed by atoms with Crippen LogP contribution in [0.4, 0.5) is 5.82 Å². The van der Waals surface area contributed by atoms with Gasteiger partial charge < -0.3 is 35.2 Å². The summed E-state index contributed by atoms with van der Waals surface area (Å²) >= 11 is 0. The van der Waals surface area contributed by atoms with E-state index in [2.05, 4.69) is 9.66 Å². The molecule has 190 valence electrons. The number of aliphatic carboxylic acids is 1. The fourth-order valence-electron chi connectivity index (χ4n) is 3.88. The summed E-state index contributed by atoms with van der Waals surface area (Å²) in [7, 11) is -4.62. The largest absolute Gasteiger partial charge is 0.487 e. The van der Waals surface area contributed by atoms with Gasteiger partial charge in [-0.15, -0.1) is 0 Å². The molecular formula is C20H25N4O10P. The molecule has 0 bridgehead atoms. The third-order valence-electron chi connectivity index (χ3n) is 5.88. The number of aliphatic hydroxyl groups is 1. The molecule has 2 fully saturated rings. The second kappa shape index (κ2) is 9.57. The van der Waals surface area contributed by atoms with Crippen LogP contribution in [0.25, 0.3) is 0 Å². The van der Waals surface area contributed by atoms with Crippen molar-refractivity contribution in [1.82, 2.24) is 14.6 Å². The fourth-order valence-corrected chi connectivity index (χ4v) is 4.70. The number of nitrogen functional groups attached to an aromatic ring is 1. The van der Waals surface area contributed by atoms with Crippen LogP contribution in [0.3, 0.4) is 0 Å². The van der Waals surface area contributed by atoms with Crippen LogP contribution in [0.5, 0.6) is 11.5 Å². The van der Waals surface area contributed by atoms with Crippen LogP contribution < -0.4 is 26.1 Å². The number of carboxylic acids is 1. The summed E-state index contributed by atoms with van der Waals surface area (Å²) in [4.78, 5) is 41.6. The minimum absolute atomic E-state index is 0.0734. The molecule has 2 heterocycles. The predicted molar refractivity (Wildman–Crippen MR) is 118 cm³/mol. The number of carbonyl (C=O) groups is 1. The lowest BCUT2D eigenvalue weighted by atomic mass is 9.96. The monoisotopic (exact) mass is 512 g/mol. The molecule has 0 amide bonds. The molecule has 0 radical (unpaired) electrons. The average molecular weight is 512 g/mol. The fraction of sp³-hybridized carbons (Fsp3) is 0.450. The van der Waals surface area contributed by atoms with Gasteiger partial charge in [-0.25, -0.2) is 14.4 Å². The highest BCUT2D eigenvalue weighted by Crippen LogP contribution is 2.62. The van der Waals surface area contributed by atoms with Gasteiger partial charge in [-0.1, -0.05) is 16.8 Å². The molecule has 1 aromatic heterocycles. The Bertz CT molecular complexity index is 1200. The number of hydrogen-bond donors (Lipinski definition) is 5. The van der Waals surface area contributed by atoms with Crippen LogP contribution in [0.15, 0.2) is 41.3 Å². The van der Waals surface area contributed by atoms with Crippen LogP contribution in [-0.2, 0) is 18.8 Å². The summed E-state index contributed by atoms with van der Waals surface area (Å²) in [5.41, 5.74) is 4.32. The van der Waals surface area contributed by atoms with Gasteiger partial charge in [0.15, 0.2) is 5.75 Å². The Morgan fingerprint density at radius 2 is 2.06 bits per heavy atom. The molecule has 1 saturated heterocycles. The summed E-state index contributed by atoms with van der Waals surface area (Å²) in [6.45, 7) is 1.02. The zero-order valence-electron chi connectivity index (χ0n) is 18.5. The van der Waals surface area contributed by atoms with Crippen molar-refractivity contribution in [2.75, 3.05) is 12.3 Å². The molecule has 14 nitrogen and oxygen atoms in total. The van der Waals surface area contributed by atoms with Gasteiger partial charge in [0.1, 0.15) is 30.8 Å². The molecule has 6 N–H and O–H groups in total. The first-order valence-corrected chi connectivity index (χ1v) is 12.2. The van der Waals surface area contributed by atoms with E-state index in [0.717, 1.165) is 6.92 Å². The van der Waals surface area contributed by atoms with Gasteiger partial charge >= 0.3 is 19.4 Å². The van der Waals surface area contributed by atoms with Crippen molar-refractivity contribution < 1.29 is 43.5 Å². The topological polar surface area (TPSA) is 205 Å². The number of para-hydroxylation sites is 2. The lowest BCUT2D eigenvalue weighted by Gasteiger charge is -2.20. The van der Waals surface area contributed by atoms with Crippen molar-refractivity contribution in [1.29, 1.82) is 0 Å². The third-order valence-corrected chi connectivity index (χ3v) is 6.87. The molecule has 2 aliphatic rings. The number of benzene rings is 1. The molecule has 35 heavy (non-hydrogen) atoms. The molecule has 2 unspecified atom stereocenters. The van der Waals surface area contributed by atoms with Crippen LogP contribution in [0.2, 0.25) is 0 Å². The Morgan fingerprint density at radius 1 is 1.37 bits per heavy atom. The Balaban J connectivity index is 1.42. The molecule has 4 rings (SSSR count). The second-order valence-electron chi connectivity index (χ2n) is 8.37. The van der Waals surface area contributed by atoms with Crippen molar-refractivity contribution in [3.8, 4) is 11.5 Å². The maximum absolute atomic E-state index is 12.3. The Hall–Kier alpha value is -3.00. The van der Waals surface area contributed by atoms with E-state index in [0.29, 0.717) is 12.8 Å². The van der Waals surface area contributed by atoms with Crippen molar-refractivity contribution in [3.63, 3.8) is 0 Å². The van der Waals surface area contributed by atoms with E-state index in [9.17, 15) is 24.2 Å². The molecule has 1 saturated carbocycles. The Morgan fingerprint density at radius 3 is 2.69 bits per heavy atom. The van der Waals surface area contributed by atoms with E-state index in [1.807, 2.05) is 5.09 Å². The van der Waals surface area contributed by atoms with Crippen molar-refractivity contribution in [3.05, 3.63) is 47.0 Å². The molecule has 5 atom stereocenters. The quantitative estimate of drug-likeness (QED) is 0.166. The predicted octanol–water partition coefficient (Wildman–Crippen LogP) is 0.416. The average Bonchev–Trinajstić information content (AvgIpc) is 3.55. The van der Waals surface area contributed by atoms with Crippen LogP contribution in [-0.4, -0.2) is 55.5 Å². The van der Waals surface area contributed by atoms with Crippen LogP contribution in [0, 0.1) is 5.41 Å². The van der Waals surface area contributed by atoms with Gasteiger partial charge in [0.05, 0.1) is 6.10 Å². The number of aromatic nitrogens is 2. The van der Waals surface area contributed by atoms with E-state index < -0.39 is 49.3 Å². The summed E-state index contributed by atoms with van der Waals surface area (Å²) in [6.07, 6.45) is 0.284. The molecule has 1 aliphatic heterocycles. The first kappa shape index (κ1) is 25.1. The second-order valence-corrected chi connectivity index (χ2v) is 9.82. The highest BCUT2D eigenvalue weighted by Gasteiger charge is 2.64. The number of nitrogens with zero attached hydrogens (tertiary/aromatic N) is 2. The molecule has 2 aromatic rings. The number of rotatable bonds is 10. The molecule has 1 aliphatic carbocycles. The van der Waals surface area contributed by atoms with Gasteiger partial charge in [0.2, 0.25) is 5.75 Å². The zero-order chi connectivity index (χ0) is 25.4. The first-order valence-electron chi connectivity index (χ1n) is 10.6. The van der Waals surface area contributed by atoms with Crippen molar-refractivity contribution in [2.45, 2.75) is 44.2 Å². The van der Waals surface area contributed by atoms with Gasteiger partial charge in [-0.3, -0.25) is 9.36 Å². The summed E-state index contributed by atoms with van der Waals surface area (Å²) in [6, 6.07) is 6.16. The first-order chi connectivity index (χ1) is 16.5. The Labute approximate surface area is 198 Å². The maximum Gasteiger partial charge on any atom is 0.440 e. The van der Waals surface area contributed by atoms with Crippen molar-refractivity contribution in [2.24, 2.45) is 5.41 Å². The third kappa shape index (κ3) is 5.32. The van der Waals surface area contributed by atoms with E-state index >= 15 is 0 Å². The minimum Gasteiger partial charge on any atom is -0.487 e. The number of anilines is 1. The minimum atomic E-state index is -4.62. The molecule has 1 spiro atoms. The Kier molecular flexibility index (Phi) is 6.86. The highest BCUT2D eigenvalue weighted by atomic mass is 31.2. The van der Waals surface area contributed by atoms with E-state index in [1.54, 1.807) is 12.1 Å². The van der Waals surface area contributed by atoms with Crippen LogP contribution >= 0.6 is 7.75 Å². The number of nitrogens with one attached hydrogen (secondary N) is 1. The zero-order valence-corrected chi connectivity index (χ0v) is 19.4. The highest BCUT2D eigenvalue weighted by molar-refractivity contribution is 7.50. The van der Waals surface area contributed by atoms with E-state index in [1.165, 1.54) is 29.0 Å². The number of carboxylic acid groups (broad SMARTS) is 1. The van der Waals surface area contributed by atoms with E-state index in [4.69, 9.17) is 25.2 Å². The van der Waals surface area contributed by atoms with Gasteiger partial charge in [0.25, 0.3) is 0 Å². The maximum atomic E-state index is 12.3. The number of ether oxygens (including phenoxy) is 2. The summed E-state index contributed by atoms with van der Waals surface area (Å²) in [5.74, 6) is -1.25. The van der Waals surface area contributed by atoms with Gasteiger partial charge in [0, 0.05) is 11.6 Å². The molecule has 15 heteroatoms. The number of aliphatic hydroxyl groups excluding tert-OH is 1. The smallest absolute Gasteiger partial charge is 0.440 e. The molecule has 1 aromatic carbocycles. The van der Waals surface area contributed by atoms with Gasteiger partial charge in [-0.2, -0.15) is 4.98 Å². The normalized spacial score (nSPS) is 25.1. The van der Waals surface area contributed by atoms with Crippen LogP contribution in [0.1, 0.15) is 26.0 Å². The van der Waals surface area contributed by atoms with E-state index in [-0.39, 0.29) is 23.9 Å². The standard InChI is InChI=1S/C20H25N4O10P/c1-11(17(26)27)23-35(29,30)34-33-13-5-3-2-4-12(13)31-10-14-16(25)20(7-8-20)18(32-14)24-9-6-15(21)22-19(24)28/h2-6,9,11,14,16,18,25H,7-8,10H2,1H3,(H,26,27)(H2,21,22,28)(H2,23,29,30)/t11?,14-,16-,18-/m1/s1. The lowest BCUT2D eigenvalue weighted by Crippen LogP contribution is -2.34. The van der Waals surface area contributed by atoms with Gasteiger partial charge in [-0.05, 0) is 38.0 Å². The van der Waals surface area contributed by atoms with Crippen molar-refractivity contribution >= 4 is 19.5 Å². The number of nitrogens with two attached hydrogens (primary N) is 1. The SMILES string of the molecule is CC(NP(=O)(O)OOc1ccccc1OC[C@H]1O[C@@H](n2ccc(N)nc2=O)C2(CC2)[C@@H]1O)C(=O)O. The molecular weight excluding hydrogens is 487 g/mol. The summed E-state index contributed by atoms with van der Waals surface area (Å²) < 4.78 is 29.6. The summed E-state index contributed by atoms with van der Waals surface area (Å²) in [5, 5.41) is 21.7.